The van der Waals surface area contributed by atoms with Crippen LogP contribution in [-0.2, 0) is 16.1 Å². The van der Waals surface area contributed by atoms with Crippen molar-refractivity contribution in [3.63, 3.8) is 0 Å². The summed E-state index contributed by atoms with van der Waals surface area (Å²) in [5, 5.41) is 8.58. The van der Waals surface area contributed by atoms with Gasteiger partial charge in [0.15, 0.2) is 0 Å². The SMILES string of the molecule is CC1(OCC(=O)O)CN(C(=O)c2ccc(CN)cc2)C1. The zero-order chi connectivity index (χ0) is 14.8. The van der Waals surface area contributed by atoms with Gasteiger partial charge in [-0.05, 0) is 24.6 Å². The molecule has 0 unspecified atom stereocenters. The topological polar surface area (TPSA) is 92.9 Å². The summed E-state index contributed by atoms with van der Waals surface area (Å²) >= 11 is 0. The van der Waals surface area contributed by atoms with Crippen LogP contribution in [-0.4, -0.2) is 47.2 Å². The molecule has 0 spiro atoms. The Morgan fingerprint density at radius 1 is 1.35 bits per heavy atom. The first-order chi connectivity index (χ1) is 9.43. The third kappa shape index (κ3) is 3.15. The van der Waals surface area contributed by atoms with Crippen molar-refractivity contribution in [3.05, 3.63) is 35.4 Å². The number of ether oxygens (including phenoxy) is 1. The van der Waals surface area contributed by atoms with Crippen LogP contribution in [0, 0.1) is 0 Å². The first kappa shape index (κ1) is 14.5. The molecule has 20 heavy (non-hydrogen) atoms. The lowest BCUT2D eigenvalue weighted by Crippen LogP contribution is -2.63. The van der Waals surface area contributed by atoms with E-state index >= 15 is 0 Å². The molecule has 0 aromatic heterocycles. The predicted octanol–water partition coefficient (Wildman–Crippen LogP) is 0.461. The van der Waals surface area contributed by atoms with Crippen LogP contribution in [0.5, 0.6) is 0 Å². The molecule has 1 heterocycles. The fourth-order valence-corrected chi connectivity index (χ4v) is 2.20. The molecule has 0 radical (unpaired) electrons. The van der Waals surface area contributed by atoms with E-state index in [-0.39, 0.29) is 12.5 Å². The quantitative estimate of drug-likeness (QED) is 0.816. The van der Waals surface area contributed by atoms with E-state index in [9.17, 15) is 9.59 Å². The van der Waals surface area contributed by atoms with Gasteiger partial charge in [-0.1, -0.05) is 12.1 Å². The molecule has 2 rings (SSSR count). The van der Waals surface area contributed by atoms with E-state index in [0.29, 0.717) is 25.2 Å². The minimum absolute atomic E-state index is 0.0787. The fourth-order valence-electron chi connectivity index (χ4n) is 2.20. The summed E-state index contributed by atoms with van der Waals surface area (Å²) in [6.07, 6.45) is 0. The molecular weight excluding hydrogens is 260 g/mol. The number of carbonyl (C=O) groups is 2. The second-order valence-corrected chi connectivity index (χ2v) is 5.19. The maximum atomic E-state index is 12.2. The third-order valence-corrected chi connectivity index (χ3v) is 3.32. The highest BCUT2D eigenvalue weighted by atomic mass is 16.5. The van der Waals surface area contributed by atoms with E-state index in [4.69, 9.17) is 15.6 Å². The Kier molecular flexibility index (Phi) is 4.06. The van der Waals surface area contributed by atoms with Gasteiger partial charge in [0.1, 0.15) is 12.2 Å². The van der Waals surface area contributed by atoms with Crippen LogP contribution in [0.2, 0.25) is 0 Å². The molecule has 6 heteroatoms. The molecule has 1 saturated heterocycles. The van der Waals surface area contributed by atoms with Crippen LogP contribution in [0.4, 0.5) is 0 Å². The highest BCUT2D eigenvalue weighted by Crippen LogP contribution is 2.26. The van der Waals surface area contributed by atoms with Gasteiger partial charge < -0.3 is 20.5 Å². The molecule has 0 atom stereocenters. The average molecular weight is 278 g/mol. The molecule has 6 nitrogen and oxygen atoms in total. The number of hydrogen-bond acceptors (Lipinski definition) is 4. The second-order valence-electron chi connectivity index (χ2n) is 5.19. The summed E-state index contributed by atoms with van der Waals surface area (Å²) in [6.45, 7) is 2.70. The predicted molar refractivity (Wildman–Crippen MR) is 72.2 cm³/mol. The standard InChI is InChI=1S/C14H18N2O4/c1-14(20-7-12(17)18)8-16(9-14)13(19)11-4-2-10(6-15)3-5-11/h2-5H,6-9,15H2,1H3,(H,17,18). The lowest BCUT2D eigenvalue weighted by molar-refractivity contribution is -0.159. The van der Waals surface area contributed by atoms with Crippen molar-refractivity contribution in [2.45, 2.75) is 19.1 Å². The number of rotatable bonds is 5. The molecule has 108 valence electrons. The maximum absolute atomic E-state index is 12.2. The zero-order valence-corrected chi connectivity index (χ0v) is 11.3. The Bertz CT molecular complexity index is 506. The van der Waals surface area contributed by atoms with Crippen molar-refractivity contribution in [3.8, 4) is 0 Å². The average Bonchev–Trinajstić information content (AvgIpc) is 2.41. The van der Waals surface area contributed by atoms with E-state index in [1.807, 2.05) is 12.1 Å². The molecule has 3 N–H and O–H groups in total. The second kappa shape index (κ2) is 5.60. The van der Waals surface area contributed by atoms with E-state index in [0.717, 1.165) is 5.56 Å². The number of aliphatic carboxylic acids is 1. The Balaban J connectivity index is 1.91. The van der Waals surface area contributed by atoms with Crippen LogP contribution in [0.1, 0.15) is 22.8 Å². The Hall–Kier alpha value is -1.92. The summed E-state index contributed by atoms with van der Waals surface area (Å²) in [4.78, 5) is 24.3. The first-order valence-corrected chi connectivity index (χ1v) is 6.37. The molecular formula is C14H18N2O4. The third-order valence-electron chi connectivity index (χ3n) is 3.32. The number of carboxylic acid groups (broad SMARTS) is 1. The molecule has 1 amide bonds. The van der Waals surface area contributed by atoms with E-state index < -0.39 is 11.6 Å². The summed E-state index contributed by atoms with van der Waals surface area (Å²) in [5.41, 5.74) is 6.51. The van der Waals surface area contributed by atoms with Crippen molar-refractivity contribution < 1.29 is 19.4 Å². The number of likely N-dealkylation sites (tertiary alicyclic amines) is 1. The number of nitrogens with zero attached hydrogens (tertiary/aromatic N) is 1. The van der Waals surface area contributed by atoms with Crippen LogP contribution in [0.3, 0.4) is 0 Å². The molecule has 0 aliphatic carbocycles. The fraction of sp³-hybridized carbons (Fsp3) is 0.429. The van der Waals surface area contributed by atoms with Crippen molar-refractivity contribution in [2.24, 2.45) is 5.73 Å². The van der Waals surface area contributed by atoms with Crippen molar-refractivity contribution >= 4 is 11.9 Å². The Labute approximate surface area is 117 Å². The summed E-state index contributed by atoms with van der Waals surface area (Å²) < 4.78 is 5.27. The Morgan fingerprint density at radius 3 is 2.45 bits per heavy atom. The number of amides is 1. The smallest absolute Gasteiger partial charge is 0.329 e. The summed E-state index contributed by atoms with van der Waals surface area (Å²) in [7, 11) is 0. The van der Waals surface area contributed by atoms with Crippen LogP contribution < -0.4 is 5.73 Å². The highest BCUT2D eigenvalue weighted by Gasteiger charge is 2.42. The molecule has 0 bridgehead atoms. The van der Waals surface area contributed by atoms with Gasteiger partial charge in [0.25, 0.3) is 5.91 Å². The van der Waals surface area contributed by atoms with Gasteiger partial charge in [0.05, 0.1) is 13.1 Å². The zero-order valence-electron chi connectivity index (χ0n) is 11.3. The number of nitrogens with two attached hydrogens (primary N) is 1. The highest BCUT2D eigenvalue weighted by molar-refractivity contribution is 5.95. The van der Waals surface area contributed by atoms with E-state index in [1.165, 1.54) is 0 Å². The molecule has 1 fully saturated rings. The van der Waals surface area contributed by atoms with Crippen molar-refractivity contribution in [1.82, 2.24) is 4.90 Å². The molecule has 1 aromatic rings. The van der Waals surface area contributed by atoms with Crippen LogP contribution in [0.15, 0.2) is 24.3 Å². The summed E-state index contributed by atoms with van der Waals surface area (Å²) in [6, 6.07) is 7.15. The normalized spacial score (nSPS) is 16.6. The molecule has 1 aliphatic heterocycles. The lowest BCUT2D eigenvalue weighted by atomic mass is 9.95. The van der Waals surface area contributed by atoms with Gasteiger partial charge in [-0.25, -0.2) is 4.79 Å². The lowest BCUT2D eigenvalue weighted by Gasteiger charge is -2.47. The molecule has 0 saturated carbocycles. The number of benzene rings is 1. The van der Waals surface area contributed by atoms with E-state index in [1.54, 1.807) is 24.0 Å². The van der Waals surface area contributed by atoms with Crippen LogP contribution in [0.25, 0.3) is 0 Å². The monoisotopic (exact) mass is 278 g/mol. The Morgan fingerprint density at radius 2 is 1.95 bits per heavy atom. The minimum atomic E-state index is -1.01. The number of carboxylic acids is 1. The van der Waals surface area contributed by atoms with Crippen molar-refractivity contribution in [1.29, 1.82) is 0 Å². The van der Waals surface area contributed by atoms with Gasteiger partial charge in [0, 0.05) is 12.1 Å². The largest absolute Gasteiger partial charge is 0.480 e. The molecule has 1 aliphatic rings. The number of hydrogen-bond donors (Lipinski definition) is 2. The van der Waals surface area contributed by atoms with E-state index in [2.05, 4.69) is 0 Å². The summed E-state index contributed by atoms with van der Waals surface area (Å²) in [5.74, 6) is -1.08. The van der Waals surface area contributed by atoms with Gasteiger partial charge in [0.2, 0.25) is 0 Å². The van der Waals surface area contributed by atoms with Gasteiger partial charge >= 0.3 is 5.97 Å². The van der Waals surface area contributed by atoms with Crippen LogP contribution >= 0.6 is 0 Å². The van der Waals surface area contributed by atoms with Crippen molar-refractivity contribution in [2.75, 3.05) is 19.7 Å². The van der Waals surface area contributed by atoms with Gasteiger partial charge in [-0.2, -0.15) is 0 Å². The van der Waals surface area contributed by atoms with Gasteiger partial charge in [-0.3, -0.25) is 4.79 Å². The minimum Gasteiger partial charge on any atom is -0.480 e. The van der Waals surface area contributed by atoms with Gasteiger partial charge in [-0.15, -0.1) is 0 Å². The molecule has 1 aromatic carbocycles. The number of carbonyl (C=O) groups excluding carboxylic acids is 1. The first-order valence-electron chi connectivity index (χ1n) is 6.37. The maximum Gasteiger partial charge on any atom is 0.329 e.